The quantitative estimate of drug-likeness (QED) is 0.374. The highest BCUT2D eigenvalue weighted by atomic mass is 16.3. The van der Waals surface area contributed by atoms with Crippen LogP contribution in [0.5, 0.6) is 5.75 Å². The van der Waals surface area contributed by atoms with Crippen LogP contribution in [-0.2, 0) is 6.54 Å². The molecule has 0 amide bonds. The van der Waals surface area contributed by atoms with E-state index in [0.29, 0.717) is 5.75 Å². The monoisotopic (exact) mass is 424 g/mol. The lowest BCUT2D eigenvalue weighted by Crippen LogP contribution is -2.43. The summed E-state index contributed by atoms with van der Waals surface area (Å²) in [7, 11) is 0. The lowest BCUT2D eigenvalue weighted by atomic mass is 9.97. The standard InChI is InChI=1S/C27H28N4O/c32-20-7-8-25-22(15-20)27-24-18-29-17-23(24)21(19-5-2-1-3-6-19)16-26(27)31(25)12-4-11-30-13-9-28-10-14-30/h1-3,5-8,15-18,28-29,32H,4,9-14H2. The van der Waals surface area contributed by atoms with E-state index in [4.69, 9.17) is 0 Å². The summed E-state index contributed by atoms with van der Waals surface area (Å²) in [6, 6.07) is 18.7. The van der Waals surface area contributed by atoms with Crippen molar-refractivity contribution in [3.63, 3.8) is 0 Å². The molecule has 5 nitrogen and oxygen atoms in total. The number of hydrogen-bond acceptors (Lipinski definition) is 3. The zero-order chi connectivity index (χ0) is 21.5. The van der Waals surface area contributed by atoms with Gasteiger partial charge in [0.2, 0.25) is 0 Å². The van der Waals surface area contributed by atoms with Gasteiger partial charge >= 0.3 is 0 Å². The molecule has 0 saturated carbocycles. The molecule has 6 rings (SSSR count). The van der Waals surface area contributed by atoms with Gasteiger partial charge in [-0.05, 0) is 48.4 Å². The van der Waals surface area contributed by atoms with E-state index in [1.807, 2.05) is 6.07 Å². The Labute approximate surface area is 187 Å². The second-order valence-electron chi connectivity index (χ2n) is 8.77. The maximum Gasteiger partial charge on any atom is 0.116 e. The molecule has 3 heterocycles. The number of benzene rings is 3. The van der Waals surface area contributed by atoms with Crippen LogP contribution < -0.4 is 5.32 Å². The summed E-state index contributed by atoms with van der Waals surface area (Å²) in [6.07, 6.45) is 5.29. The van der Waals surface area contributed by atoms with Gasteiger partial charge in [0.1, 0.15) is 5.75 Å². The first-order valence-corrected chi connectivity index (χ1v) is 11.5. The van der Waals surface area contributed by atoms with E-state index in [-0.39, 0.29) is 0 Å². The van der Waals surface area contributed by atoms with Gasteiger partial charge < -0.3 is 24.9 Å². The summed E-state index contributed by atoms with van der Waals surface area (Å²) < 4.78 is 2.45. The molecule has 1 saturated heterocycles. The molecular weight excluding hydrogens is 396 g/mol. The molecule has 5 aromatic rings. The molecule has 32 heavy (non-hydrogen) atoms. The van der Waals surface area contributed by atoms with Crippen molar-refractivity contribution in [3.8, 4) is 16.9 Å². The summed E-state index contributed by atoms with van der Waals surface area (Å²) in [4.78, 5) is 5.88. The summed E-state index contributed by atoms with van der Waals surface area (Å²) in [5, 5.41) is 18.5. The number of rotatable bonds is 5. The molecule has 1 aliphatic heterocycles. The Morgan fingerprint density at radius 1 is 0.812 bits per heavy atom. The zero-order valence-corrected chi connectivity index (χ0v) is 18.1. The SMILES string of the molecule is Oc1ccc2c(c1)c1c3c[nH]cc3c(-c3ccccc3)cc1n2CCCN1CCNCC1. The van der Waals surface area contributed by atoms with Crippen LogP contribution in [0.4, 0.5) is 0 Å². The van der Waals surface area contributed by atoms with Crippen molar-refractivity contribution in [1.82, 2.24) is 19.8 Å². The molecule has 0 spiro atoms. The van der Waals surface area contributed by atoms with Gasteiger partial charge in [0.15, 0.2) is 0 Å². The van der Waals surface area contributed by atoms with Gasteiger partial charge in [0.25, 0.3) is 0 Å². The third kappa shape index (κ3) is 3.25. The van der Waals surface area contributed by atoms with E-state index < -0.39 is 0 Å². The van der Waals surface area contributed by atoms with Crippen LogP contribution in [0, 0.1) is 0 Å². The number of piperazine rings is 1. The molecule has 1 fully saturated rings. The average molecular weight is 425 g/mol. The van der Waals surface area contributed by atoms with E-state index in [0.717, 1.165) is 51.1 Å². The smallest absolute Gasteiger partial charge is 0.116 e. The van der Waals surface area contributed by atoms with Crippen molar-refractivity contribution in [3.05, 3.63) is 67.0 Å². The molecule has 162 valence electrons. The van der Waals surface area contributed by atoms with Crippen molar-refractivity contribution >= 4 is 32.6 Å². The molecule has 3 aromatic carbocycles. The minimum Gasteiger partial charge on any atom is -0.508 e. The number of aromatic nitrogens is 2. The highest BCUT2D eigenvalue weighted by Crippen LogP contribution is 2.41. The number of nitrogens with one attached hydrogen (secondary N) is 2. The normalized spacial score (nSPS) is 15.2. The Morgan fingerprint density at radius 2 is 1.62 bits per heavy atom. The van der Waals surface area contributed by atoms with Crippen molar-refractivity contribution in [1.29, 1.82) is 0 Å². The third-order valence-electron chi connectivity index (χ3n) is 6.82. The number of phenols is 1. The lowest BCUT2D eigenvalue weighted by Gasteiger charge is -2.27. The van der Waals surface area contributed by atoms with Crippen LogP contribution in [0.3, 0.4) is 0 Å². The Bertz CT molecular complexity index is 1390. The highest BCUT2D eigenvalue weighted by Gasteiger charge is 2.18. The molecule has 0 aliphatic carbocycles. The summed E-state index contributed by atoms with van der Waals surface area (Å²) in [5.41, 5.74) is 4.88. The zero-order valence-electron chi connectivity index (χ0n) is 18.1. The summed E-state index contributed by atoms with van der Waals surface area (Å²) in [6.45, 7) is 6.49. The minimum absolute atomic E-state index is 0.313. The van der Waals surface area contributed by atoms with E-state index in [2.05, 4.69) is 74.6 Å². The Balaban J connectivity index is 1.52. The first-order chi connectivity index (χ1) is 15.8. The number of hydrogen-bond donors (Lipinski definition) is 3. The Kier molecular flexibility index (Phi) is 4.86. The van der Waals surface area contributed by atoms with Crippen LogP contribution in [0.15, 0.2) is 67.0 Å². The van der Waals surface area contributed by atoms with Gasteiger partial charge in [-0.3, -0.25) is 0 Å². The Morgan fingerprint density at radius 3 is 2.47 bits per heavy atom. The maximum absolute atomic E-state index is 10.3. The topological polar surface area (TPSA) is 56.2 Å². The second kappa shape index (κ2) is 8.01. The van der Waals surface area contributed by atoms with Gasteiger partial charge in [-0.15, -0.1) is 0 Å². The molecule has 3 N–H and O–H groups in total. The predicted octanol–water partition coefficient (Wildman–Crippen LogP) is 4.94. The molecular formula is C27H28N4O. The number of aryl methyl sites for hydroxylation is 1. The van der Waals surface area contributed by atoms with Gasteiger partial charge in [0.05, 0.1) is 5.52 Å². The minimum atomic E-state index is 0.313. The molecule has 1 aliphatic rings. The van der Waals surface area contributed by atoms with Crippen molar-refractivity contribution < 1.29 is 5.11 Å². The van der Waals surface area contributed by atoms with Crippen LogP contribution in [0.1, 0.15) is 6.42 Å². The summed E-state index contributed by atoms with van der Waals surface area (Å²) >= 11 is 0. The third-order valence-corrected chi connectivity index (χ3v) is 6.82. The van der Waals surface area contributed by atoms with Crippen molar-refractivity contribution in [2.24, 2.45) is 0 Å². The number of H-pyrrole nitrogens is 1. The molecule has 2 aromatic heterocycles. The second-order valence-corrected chi connectivity index (χ2v) is 8.77. The summed E-state index contributed by atoms with van der Waals surface area (Å²) in [5.74, 6) is 0.313. The fourth-order valence-electron chi connectivity index (χ4n) is 5.29. The van der Waals surface area contributed by atoms with E-state index in [9.17, 15) is 5.11 Å². The molecule has 0 radical (unpaired) electrons. The van der Waals surface area contributed by atoms with Crippen LogP contribution in [0.2, 0.25) is 0 Å². The van der Waals surface area contributed by atoms with Crippen molar-refractivity contribution in [2.45, 2.75) is 13.0 Å². The number of nitrogens with zero attached hydrogens (tertiary/aromatic N) is 2. The molecule has 0 bridgehead atoms. The molecule has 0 unspecified atom stereocenters. The fourth-order valence-corrected chi connectivity index (χ4v) is 5.29. The van der Waals surface area contributed by atoms with Gasteiger partial charge in [-0.1, -0.05) is 30.3 Å². The van der Waals surface area contributed by atoms with Crippen molar-refractivity contribution in [2.75, 3.05) is 32.7 Å². The van der Waals surface area contributed by atoms with E-state index in [1.165, 1.54) is 38.3 Å². The van der Waals surface area contributed by atoms with Crippen LogP contribution >= 0.6 is 0 Å². The average Bonchev–Trinajstić information content (AvgIpc) is 3.43. The number of aromatic hydroxyl groups is 1. The van der Waals surface area contributed by atoms with E-state index in [1.54, 1.807) is 6.07 Å². The first kappa shape index (κ1) is 19.4. The predicted molar refractivity (Wildman–Crippen MR) is 132 cm³/mol. The fraction of sp³-hybridized carbons (Fsp3) is 0.259. The van der Waals surface area contributed by atoms with Crippen LogP contribution in [-0.4, -0.2) is 52.3 Å². The first-order valence-electron chi connectivity index (χ1n) is 11.5. The largest absolute Gasteiger partial charge is 0.508 e. The van der Waals surface area contributed by atoms with Gasteiger partial charge in [-0.25, -0.2) is 0 Å². The number of fused-ring (bicyclic) bond motifs is 5. The maximum atomic E-state index is 10.3. The van der Waals surface area contributed by atoms with Gasteiger partial charge in [0, 0.05) is 72.2 Å². The molecule has 5 heteroatoms. The van der Waals surface area contributed by atoms with Gasteiger partial charge in [-0.2, -0.15) is 0 Å². The lowest BCUT2D eigenvalue weighted by molar-refractivity contribution is 0.235. The Hall–Kier alpha value is -3.28. The van der Waals surface area contributed by atoms with E-state index >= 15 is 0 Å². The number of phenolic OH excluding ortho intramolecular Hbond substituents is 1. The highest BCUT2D eigenvalue weighted by molar-refractivity contribution is 6.23. The number of aromatic amines is 1. The van der Waals surface area contributed by atoms with Crippen LogP contribution in [0.25, 0.3) is 43.7 Å². The molecule has 0 atom stereocenters.